The molecule has 0 radical (unpaired) electrons. The summed E-state index contributed by atoms with van der Waals surface area (Å²) in [6, 6.07) is -0.597. The number of nitrogens with zero attached hydrogens (tertiary/aromatic N) is 4. The summed E-state index contributed by atoms with van der Waals surface area (Å²) in [4.78, 5) is 34.5. The summed E-state index contributed by atoms with van der Waals surface area (Å²) < 4.78 is 3.93. The number of fused-ring (bicyclic) bond motifs is 1. The van der Waals surface area contributed by atoms with Gasteiger partial charge < -0.3 is 20.8 Å². The Morgan fingerprint density at radius 2 is 2.45 bits per heavy atom. The molecule has 1 aromatic heterocycles. The molecule has 22 heavy (non-hydrogen) atoms. The number of aromatic nitrogens is 2. The lowest BCUT2D eigenvalue weighted by atomic mass is 10.1. The van der Waals surface area contributed by atoms with Crippen molar-refractivity contribution in [2.24, 2.45) is 5.16 Å². The summed E-state index contributed by atoms with van der Waals surface area (Å²) in [5.74, 6) is 0.128. The average Bonchev–Trinajstić information content (AvgIpc) is 2.95. The fraction of sp³-hybridized carbons (Fsp3) is 0.364. The van der Waals surface area contributed by atoms with Gasteiger partial charge in [0.25, 0.3) is 11.8 Å². The third-order valence-corrected chi connectivity index (χ3v) is 4.82. The van der Waals surface area contributed by atoms with Crippen LogP contribution in [-0.4, -0.2) is 56.1 Å². The van der Waals surface area contributed by atoms with Crippen molar-refractivity contribution in [3.05, 3.63) is 18.1 Å². The molecule has 1 unspecified atom stereocenters. The Morgan fingerprint density at radius 1 is 1.64 bits per heavy atom. The van der Waals surface area contributed by atoms with Crippen LogP contribution in [0.5, 0.6) is 0 Å². The molecule has 0 bridgehead atoms. The number of β-lactam (4-membered cyclic amide) rings is 1. The minimum Gasteiger partial charge on any atom is -0.398 e. The lowest BCUT2D eigenvalue weighted by Gasteiger charge is -2.46. The van der Waals surface area contributed by atoms with Gasteiger partial charge in [0.1, 0.15) is 18.5 Å². The zero-order valence-corrected chi connectivity index (χ0v) is 13.1. The van der Waals surface area contributed by atoms with Gasteiger partial charge in [-0.2, -0.15) is 9.36 Å². The highest BCUT2D eigenvalue weighted by molar-refractivity contribution is 8.00. The topological polar surface area (TPSA) is 123 Å². The first-order valence-electron chi connectivity index (χ1n) is 6.24. The molecule has 1 fully saturated rings. The van der Waals surface area contributed by atoms with Gasteiger partial charge in [-0.15, -0.1) is 11.8 Å². The van der Waals surface area contributed by atoms with Crippen LogP contribution in [0.4, 0.5) is 5.13 Å². The van der Waals surface area contributed by atoms with Crippen molar-refractivity contribution < 1.29 is 14.4 Å². The number of hydrogen-bond donors (Lipinski definition) is 2. The Bertz CT molecular complexity index is 673. The molecule has 2 aliphatic heterocycles. The molecule has 3 rings (SSSR count). The first kappa shape index (κ1) is 14.8. The van der Waals surface area contributed by atoms with E-state index >= 15 is 0 Å². The Kier molecular flexibility index (Phi) is 3.98. The largest absolute Gasteiger partial charge is 0.398 e. The van der Waals surface area contributed by atoms with E-state index in [4.69, 9.17) is 5.73 Å². The lowest BCUT2D eigenvalue weighted by Crippen LogP contribution is -2.68. The van der Waals surface area contributed by atoms with Crippen molar-refractivity contribution in [3.63, 3.8) is 0 Å². The number of rotatable bonds is 4. The SMILES string of the molecule is CON=C(C(=O)NC1C(=O)N2C=CCS[C@@H]12)c1nsc(N)n1. The van der Waals surface area contributed by atoms with Crippen LogP contribution in [-0.2, 0) is 14.4 Å². The molecule has 3 N–H and O–H groups in total. The number of amides is 2. The number of oxime groups is 1. The second-order valence-electron chi connectivity index (χ2n) is 4.38. The molecule has 0 aromatic carbocycles. The second kappa shape index (κ2) is 5.93. The quantitative estimate of drug-likeness (QED) is 0.425. The summed E-state index contributed by atoms with van der Waals surface area (Å²) in [6.45, 7) is 0. The smallest absolute Gasteiger partial charge is 0.278 e. The maximum absolute atomic E-state index is 12.3. The Morgan fingerprint density at radius 3 is 3.14 bits per heavy atom. The highest BCUT2D eigenvalue weighted by atomic mass is 32.2. The summed E-state index contributed by atoms with van der Waals surface area (Å²) in [7, 11) is 1.31. The molecule has 1 saturated heterocycles. The highest BCUT2D eigenvalue weighted by Gasteiger charge is 2.48. The van der Waals surface area contributed by atoms with Crippen molar-refractivity contribution in [1.82, 2.24) is 19.6 Å². The number of carbonyl (C=O) groups excluding carboxylic acids is 2. The van der Waals surface area contributed by atoms with Crippen LogP contribution in [0.25, 0.3) is 0 Å². The fourth-order valence-corrected chi connectivity index (χ4v) is 3.62. The Hall–Kier alpha value is -2.14. The first-order valence-corrected chi connectivity index (χ1v) is 8.06. The second-order valence-corrected chi connectivity index (χ2v) is 6.32. The summed E-state index contributed by atoms with van der Waals surface area (Å²) in [5, 5.41) is 6.39. The maximum Gasteiger partial charge on any atom is 0.278 e. The van der Waals surface area contributed by atoms with Crippen LogP contribution in [0.3, 0.4) is 0 Å². The third-order valence-electron chi connectivity index (χ3n) is 3.05. The molecular weight excluding hydrogens is 328 g/mol. The van der Waals surface area contributed by atoms with E-state index < -0.39 is 11.9 Å². The Balaban J connectivity index is 1.74. The molecule has 0 spiro atoms. The maximum atomic E-state index is 12.3. The average molecular weight is 340 g/mol. The molecule has 116 valence electrons. The molecule has 9 nitrogen and oxygen atoms in total. The zero-order valence-electron chi connectivity index (χ0n) is 11.4. The normalized spacial score (nSPS) is 23.8. The number of nitrogens with two attached hydrogens (primary N) is 1. The molecule has 2 atom stereocenters. The molecule has 2 amide bonds. The van der Waals surface area contributed by atoms with Gasteiger partial charge in [0, 0.05) is 23.5 Å². The van der Waals surface area contributed by atoms with E-state index in [0.29, 0.717) is 0 Å². The van der Waals surface area contributed by atoms with Gasteiger partial charge in [0.15, 0.2) is 5.13 Å². The van der Waals surface area contributed by atoms with Gasteiger partial charge in [0.05, 0.1) is 0 Å². The number of thioether (sulfide) groups is 1. The number of carbonyl (C=O) groups is 2. The van der Waals surface area contributed by atoms with Gasteiger partial charge in [-0.3, -0.25) is 9.59 Å². The zero-order chi connectivity index (χ0) is 15.7. The van der Waals surface area contributed by atoms with Gasteiger partial charge in [-0.05, 0) is 0 Å². The first-order chi connectivity index (χ1) is 10.6. The Labute approximate surface area is 133 Å². The summed E-state index contributed by atoms with van der Waals surface area (Å²) in [5.41, 5.74) is 5.39. The molecule has 0 saturated carbocycles. The van der Waals surface area contributed by atoms with Crippen molar-refractivity contribution in [2.75, 3.05) is 18.6 Å². The van der Waals surface area contributed by atoms with Gasteiger partial charge >= 0.3 is 0 Å². The van der Waals surface area contributed by atoms with E-state index in [1.54, 1.807) is 22.9 Å². The standard InChI is InChI=1S/C11H12N6O3S2/c1-20-15-5(7-14-11(12)22-16-7)8(18)13-6-9(19)17-3-2-4-21-10(6)17/h2-3,6,10H,4H2,1H3,(H,13,18)(H2,12,14,16)/t6?,10-/m0/s1. The van der Waals surface area contributed by atoms with Gasteiger partial charge in [0.2, 0.25) is 11.5 Å². The highest BCUT2D eigenvalue weighted by Crippen LogP contribution is 2.33. The molecule has 2 aliphatic rings. The van der Waals surface area contributed by atoms with Crippen molar-refractivity contribution in [2.45, 2.75) is 11.4 Å². The third kappa shape index (κ3) is 2.52. The predicted molar refractivity (Wildman–Crippen MR) is 82.0 cm³/mol. The minimum atomic E-state index is -0.597. The fourth-order valence-electron chi connectivity index (χ4n) is 2.08. The van der Waals surface area contributed by atoms with Gasteiger partial charge in [-0.1, -0.05) is 11.2 Å². The van der Waals surface area contributed by atoms with Crippen LogP contribution in [0, 0.1) is 0 Å². The number of hydrogen-bond acceptors (Lipinski definition) is 9. The lowest BCUT2D eigenvalue weighted by molar-refractivity contribution is -0.143. The van der Waals surface area contributed by atoms with Crippen LogP contribution < -0.4 is 11.1 Å². The minimum absolute atomic E-state index is 0.0710. The molecular formula is C11H12N6O3S2. The van der Waals surface area contributed by atoms with Crippen molar-refractivity contribution >= 4 is 46.0 Å². The molecule has 3 heterocycles. The summed E-state index contributed by atoms with van der Waals surface area (Å²) >= 11 is 2.52. The van der Waals surface area contributed by atoms with E-state index in [1.807, 2.05) is 6.08 Å². The summed E-state index contributed by atoms with van der Waals surface area (Å²) in [6.07, 6.45) is 3.63. The monoisotopic (exact) mass is 340 g/mol. The van der Waals surface area contributed by atoms with Gasteiger partial charge in [-0.25, -0.2) is 0 Å². The molecule has 0 aliphatic carbocycles. The van der Waals surface area contributed by atoms with Crippen LogP contribution in [0.1, 0.15) is 5.82 Å². The molecule has 1 aromatic rings. The van der Waals surface area contributed by atoms with E-state index in [9.17, 15) is 9.59 Å². The number of nitrogens with one attached hydrogen (secondary N) is 1. The molecule has 11 heteroatoms. The van der Waals surface area contributed by atoms with E-state index in [1.165, 1.54) is 7.11 Å². The van der Waals surface area contributed by atoms with Crippen LogP contribution in [0.2, 0.25) is 0 Å². The van der Waals surface area contributed by atoms with E-state index in [2.05, 4.69) is 24.7 Å². The van der Waals surface area contributed by atoms with Crippen LogP contribution in [0.15, 0.2) is 17.4 Å². The predicted octanol–water partition coefficient (Wildman–Crippen LogP) is -0.616. The van der Waals surface area contributed by atoms with Crippen LogP contribution >= 0.6 is 23.3 Å². The van der Waals surface area contributed by atoms with Crippen molar-refractivity contribution in [1.29, 1.82) is 0 Å². The number of nitrogen functional groups attached to an aromatic ring is 1. The van der Waals surface area contributed by atoms with E-state index in [0.717, 1.165) is 17.3 Å². The number of anilines is 1. The van der Waals surface area contributed by atoms with E-state index in [-0.39, 0.29) is 27.9 Å². The van der Waals surface area contributed by atoms with Crippen molar-refractivity contribution in [3.8, 4) is 0 Å².